The molecule has 2 rings (SSSR count). The van der Waals surface area contributed by atoms with Crippen LogP contribution in [0.25, 0.3) is 0 Å². The van der Waals surface area contributed by atoms with Crippen LogP contribution < -0.4 is 5.32 Å². The lowest BCUT2D eigenvalue weighted by Crippen LogP contribution is -2.44. The highest BCUT2D eigenvalue weighted by atomic mass is 35.5. The van der Waals surface area contributed by atoms with Crippen LogP contribution in [0.2, 0.25) is 5.02 Å². The van der Waals surface area contributed by atoms with Crippen molar-refractivity contribution in [1.82, 2.24) is 10.2 Å². The summed E-state index contributed by atoms with van der Waals surface area (Å²) in [4.78, 5) is 2.51. The van der Waals surface area contributed by atoms with Crippen LogP contribution in [0.15, 0.2) is 18.2 Å². The van der Waals surface area contributed by atoms with Crippen molar-refractivity contribution < 1.29 is 0 Å². The molecule has 1 aromatic rings. The third-order valence-electron chi connectivity index (χ3n) is 3.46. The van der Waals surface area contributed by atoms with Crippen LogP contribution in [0.3, 0.4) is 0 Å². The van der Waals surface area contributed by atoms with E-state index in [9.17, 15) is 0 Å². The number of hydrogen-bond donors (Lipinski definition) is 1. The zero-order valence-corrected chi connectivity index (χ0v) is 10.7. The molecule has 0 aromatic heterocycles. The first-order valence-corrected chi connectivity index (χ1v) is 6.27. The lowest BCUT2D eigenvalue weighted by Gasteiger charge is -2.33. The van der Waals surface area contributed by atoms with Crippen LogP contribution in [0, 0.1) is 6.92 Å². The summed E-state index contributed by atoms with van der Waals surface area (Å²) in [5, 5.41) is 4.25. The van der Waals surface area contributed by atoms with Gasteiger partial charge in [-0.05, 0) is 31.0 Å². The maximum Gasteiger partial charge on any atom is 0.0438 e. The molecule has 1 N–H and O–H groups in total. The molecule has 0 bridgehead atoms. The summed E-state index contributed by atoms with van der Waals surface area (Å²) in [6.45, 7) is 8.79. The van der Waals surface area contributed by atoms with Crippen LogP contribution in [0.5, 0.6) is 0 Å². The first kappa shape index (κ1) is 11.9. The molecule has 88 valence electrons. The largest absolute Gasteiger partial charge is 0.314 e. The Kier molecular flexibility index (Phi) is 3.85. The monoisotopic (exact) mass is 238 g/mol. The molecular formula is C13H19ClN2. The van der Waals surface area contributed by atoms with E-state index in [2.05, 4.69) is 30.1 Å². The third-order valence-corrected chi connectivity index (χ3v) is 3.87. The summed E-state index contributed by atoms with van der Waals surface area (Å²) < 4.78 is 0. The van der Waals surface area contributed by atoms with E-state index in [4.69, 9.17) is 11.6 Å². The van der Waals surface area contributed by atoms with Crippen LogP contribution in [-0.4, -0.2) is 31.1 Å². The van der Waals surface area contributed by atoms with Gasteiger partial charge in [0.1, 0.15) is 0 Å². The fourth-order valence-electron chi connectivity index (χ4n) is 2.34. The van der Waals surface area contributed by atoms with Gasteiger partial charge in [0.15, 0.2) is 0 Å². The van der Waals surface area contributed by atoms with E-state index in [0.29, 0.717) is 6.04 Å². The summed E-state index contributed by atoms with van der Waals surface area (Å²) in [6, 6.07) is 6.66. The van der Waals surface area contributed by atoms with E-state index in [0.717, 1.165) is 31.2 Å². The van der Waals surface area contributed by atoms with Gasteiger partial charge in [-0.1, -0.05) is 23.7 Å². The van der Waals surface area contributed by atoms with Gasteiger partial charge in [0.05, 0.1) is 0 Å². The van der Waals surface area contributed by atoms with Gasteiger partial charge in [-0.25, -0.2) is 0 Å². The molecule has 1 aliphatic heterocycles. The Labute approximate surface area is 103 Å². The van der Waals surface area contributed by atoms with E-state index in [1.165, 1.54) is 11.1 Å². The fraction of sp³-hybridized carbons (Fsp3) is 0.538. The summed E-state index contributed by atoms with van der Waals surface area (Å²) >= 11 is 6.17. The molecule has 1 saturated heterocycles. The lowest BCUT2D eigenvalue weighted by molar-refractivity contribution is 0.185. The Morgan fingerprint density at radius 3 is 2.69 bits per heavy atom. The molecule has 1 unspecified atom stereocenters. The summed E-state index contributed by atoms with van der Waals surface area (Å²) in [5.41, 5.74) is 2.57. The zero-order chi connectivity index (χ0) is 11.5. The van der Waals surface area contributed by atoms with Gasteiger partial charge in [0.25, 0.3) is 0 Å². The normalized spacial score (nSPS) is 19.7. The number of nitrogens with one attached hydrogen (secondary N) is 1. The number of rotatable bonds is 2. The smallest absolute Gasteiger partial charge is 0.0438 e. The van der Waals surface area contributed by atoms with Gasteiger partial charge in [-0.2, -0.15) is 0 Å². The quantitative estimate of drug-likeness (QED) is 0.852. The highest BCUT2D eigenvalue weighted by Gasteiger charge is 2.19. The molecule has 1 fully saturated rings. The van der Waals surface area contributed by atoms with Crippen molar-refractivity contribution in [2.24, 2.45) is 0 Å². The summed E-state index contributed by atoms with van der Waals surface area (Å²) in [6.07, 6.45) is 0. The van der Waals surface area contributed by atoms with Crippen molar-refractivity contribution in [2.45, 2.75) is 19.9 Å². The predicted molar refractivity (Wildman–Crippen MR) is 69.0 cm³/mol. The first-order chi connectivity index (χ1) is 7.70. The van der Waals surface area contributed by atoms with Crippen LogP contribution in [0.4, 0.5) is 0 Å². The maximum atomic E-state index is 6.17. The second-order valence-corrected chi connectivity index (χ2v) is 4.82. The lowest BCUT2D eigenvalue weighted by atomic mass is 10.0. The Hall–Kier alpha value is -0.570. The van der Waals surface area contributed by atoms with Gasteiger partial charge in [-0.3, -0.25) is 4.90 Å². The minimum Gasteiger partial charge on any atom is -0.314 e. The van der Waals surface area contributed by atoms with Crippen molar-refractivity contribution >= 4 is 11.6 Å². The highest BCUT2D eigenvalue weighted by Crippen LogP contribution is 2.27. The Balaban J connectivity index is 2.19. The molecule has 0 amide bonds. The topological polar surface area (TPSA) is 15.3 Å². The molecule has 0 aliphatic carbocycles. The average molecular weight is 239 g/mol. The molecule has 1 aromatic carbocycles. The molecule has 2 nitrogen and oxygen atoms in total. The van der Waals surface area contributed by atoms with Crippen LogP contribution in [-0.2, 0) is 0 Å². The zero-order valence-electron chi connectivity index (χ0n) is 9.96. The van der Waals surface area contributed by atoms with Gasteiger partial charge in [0.2, 0.25) is 0 Å². The SMILES string of the molecule is Cc1c(Cl)cccc1C(C)N1CCNCC1. The molecule has 0 spiro atoms. The second-order valence-electron chi connectivity index (χ2n) is 4.42. The van der Waals surface area contributed by atoms with E-state index < -0.39 is 0 Å². The number of nitrogens with zero attached hydrogens (tertiary/aromatic N) is 1. The number of piperazine rings is 1. The van der Waals surface area contributed by atoms with Crippen molar-refractivity contribution in [1.29, 1.82) is 0 Å². The van der Waals surface area contributed by atoms with E-state index >= 15 is 0 Å². The average Bonchev–Trinajstić information content (AvgIpc) is 2.33. The van der Waals surface area contributed by atoms with Crippen molar-refractivity contribution in [3.8, 4) is 0 Å². The number of hydrogen-bond acceptors (Lipinski definition) is 2. The minimum atomic E-state index is 0.459. The minimum absolute atomic E-state index is 0.459. The van der Waals surface area contributed by atoms with Gasteiger partial charge in [-0.15, -0.1) is 0 Å². The Bertz CT molecular complexity index is 359. The Morgan fingerprint density at radius 2 is 2.00 bits per heavy atom. The molecule has 1 heterocycles. The standard InChI is InChI=1S/C13H19ClN2/c1-10-12(4-3-5-13(10)14)11(2)16-8-6-15-7-9-16/h3-5,11,15H,6-9H2,1-2H3. The van der Waals surface area contributed by atoms with Gasteiger partial charge in [0, 0.05) is 37.2 Å². The van der Waals surface area contributed by atoms with E-state index in [-0.39, 0.29) is 0 Å². The number of halogens is 1. The molecule has 1 atom stereocenters. The van der Waals surface area contributed by atoms with Crippen LogP contribution in [0.1, 0.15) is 24.1 Å². The van der Waals surface area contributed by atoms with E-state index in [1.54, 1.807) is 0 Å². The second kappa shape index (κ2) is 5.17. The molecule has 0 radical (unpaired) electrons. The molecule has 3 heteroatoms. The molecule has 16 heavy (non-hydrogen) atoms. The van der Waals surface area contributed by atoms with Crippen LogP contribution >= 0.6 is 11.6 Å². The van der Waals surface area contributed by atoms with E-state index in [1.807, 2.05) is 12.1 Å². The molecule has 0 saturated carbocycles. The van der Waals surface area contributed by atoms with Crippen molar-refractivity contribution in [2.75, 3.05) is 26.2 Å². The summed E-state index contributed by atoms with van der Waals surface area (Å²) in [5.74, 6) is 0. The molecular weight excluding hydrogens is 220 g/mol. The third kappa shape index (κ3) is 2.40. The van der Waals surface area contributed by atoms with Crippen molar-refractivity contribution in [3.63, 3.8) is 0 Å². The van der Waals surface area contributed by atoms with Gasteiger partial charge < -0.3 is 5.32 Å². The first-order valence-electron chi connectivity index (χ1n) is 5.90. The van der Waals surface area contributed by atoms with Crippen molar-refractivity contribution in [3.05, 3.63) is 34.3 Å². The number of benzene rings is 1. The fourth-order valence-corrected chi connectivity index (χ4v) is 2.52. The predicted octanol–water partition coefficient (Wildman–Crippen LogP) is 2.61. The van der Waals surface area contributed by atoms with Gasteiger partial charge >= 0.3 is 0 Å². The highest BCUT2D eigenvalue weighted by molar-refractivity contribution is 6.31. The summed E-state index contributed by atoms with van der Waals surface area (Å²) in [7, 11) is 0. The maximum absolute atomic E-state index is 6.17. The Morgan fingerprint density at radius 1 is 1.31 bits per heavy atom. The molecule has 1 aliphatic rings.